The van der Waals surface area contributed by atoms with Crippen molar-refractivity contribution in [2.24, 2.45) is 0 Å². The highest BCUT2D eigenvalue weighted by molar-refractivity contribution is 6.73. The Morgan fingerprint density at radius 1 is 0.294 bits per heavy atom. The van der Waals surface area contributed by atoms with Crippen LogP contribution >= 0.6 is 0 Å². The van der Waals surface area contributed by atoms with Crippen LogP contribution < -0.4 is 76.5 Å². The molecule has 7 aromatic carbocycles. The highest BCUT2D eigenvalue weighted by Gasteiger charge is 2.27. The summed E-state index contributed by atoms with van der Waals surface area (Å²) < 4.78 is 6.26. The number of para-hydroxylation sites is 1. The second kappa shape index (κ2) is 11.8. The molecule has 15 heteroatoms. The number of hydrogen-bond acceptors (Lipinski definition) is 1. The van der Waals surface area contributed by atoms with E-state index >= 15 is 0 Å². The summed E-state index contributed by atoms with van der Waals surface area (Å²) in [5, 5.41) is 3.71. The van der Waals surface area contributed by atoms with Gasteiger partial charge in [0, 0.05) is 10.8 Å². The van der Waals surface area contributed by atoms with Gasteiger partial charge in [-0.25, -0.2) is 0 Å². The predicted molar refractivity (Wildman–Crippen MR) is 233 cm³/mol. The van der Waals surface area contributed by atoms with Crippen molar-refractivity contribution in [1.29, 1.82) is 0 Å². The van der Waals surface area contributed by atoms with Gasteiger partial charge in [-0.2, -0.15) is 0 Å². The zero-order valence-electron chi connectivity index (χ0n) is 27.1. The first-order valence-corrected chi connectivity index (χ1v) is 15.6. The predicted octanol–water partition coefficient (Wildman–Crippen LogP) is -6.51. The van der Waals surface area contributed by atoms with E-state index < -0.39 is 0 Å². The Kier molecular flexibility index (Phi) is 7.88. The first-order valence-electron chi connectivity index (χ1n) is 15.6. The van der Waals surface area contributed by atoms with E-state index in [9.17, 15) is 0 Å². The van der Waals surface area contributed by atoms with Crippen LogP contribution in [0, 0.1) is 0 Å². The zero-order valence-corrected chi connectivity index (χ0v) is 27.1. The SMILES string of the molecule is [B]c1c([B])c([B])c2c([B])c([B])c(-c3c4c([B])c([B])c([B])c([B])c4c(-c4cccc5oc6ccccc6c45)c4c([B])c([B])c([B])c([B])c34)cc2c1[B]. The van der Waals surface area contributed by atoms with E-state index in [1.165, 1.54) is 0 Å². The van der Waals surface area contributed by atoms with Crippen molar-refractivity contribution in [2.75, 3.05) is 0 Å². The molecule has 0 saturated heterocycles. The van der Waals surface area contributed by atoms with E-state index in [1.807, 2.05) is 42.5 Å². The molecule has 1 aromatic heterocycles. The molecule has 0 amide bonds. The minimum absolute atomic E-state index is 0.0292. The molecule has 0 N–H and O–H groups in total. The van der Waals surface area contributed by atoms with Crippen molar-refractivity contribution in [3.05, 3.63) is 48.5 Å². The molecular weight excluding hydrogens is 600 g/mol. The Balaban J connectivity index is 1.73. The van der Waals surface area contributed by atoms with Gasteiger partial charge in [-0.3, -0.25) is 0 Å². The summed E-state index contributed by atoms with van der Waals surface area (Å²) in [6.07, 6.45) is 0. The normalized spacial score (nSPS) is 11.8. The number of rotatable bonds is 2. The highest BCUT2D eigenvalue weighted by Crippen LogP contribution is 2.44. The Hall–Kier alpha value is -3.97. The van der Waals surface area contributed by atoms with Gasteiger partial charge in [0.25, 0.3) is 0 Å². The summed E-state index contributed by atoms with van der Waals surface area (Å²) in [7, 11) is 93.1. The van der Waals surface area contributed by atoms with Gasteiger partial charge >= 0.3 is 0 Å². The molecule has 0 saturated carbocycles. The second-order valence-electron chi connectivity index (χ2n) is 12.7. The third kappa shape index (κ3) is 4.49. The molecular formula is C36H8B14O. The van der Waals surface area contributed by atoms with Crippen molar-refractivity contribution in [3.63, 3.8) is 0 Å². The van der Waals surface area contributed by atoms with Gasteiger partial charge in [-0.05, 0) is 72.8 Å². The Morgan fingerprint density at radius 2 is 0.706 bits per heavy atom. The molecule has 8 aromatic rings. The number of fused-ring (bicyclic) bond motifs is 6. The zero-order chi connectivity index (χ0) is 36.5. The average Bonchev–Trinajstić information content (AvgIpc) is 3.51. The van der Waals surface area contributed by atoms with E-state index in [1.54, 1.807) is 6.07 Å². The molecule has 0 aliphatic carbocycles. The minimum Gasteiger partial charge on any atom is -0.456 e. The van der Waals surface area contributed by atoms with Crippen LogP contribution in [0.3, 0.4) is 0 Å². The molecule has 0 fully saturated rings. The highest BCUT2D eigenvalue weighted by atomic mass is 16.3. The van der Waals surface area contributed by atoms with Gasteiger partial charge in [-0.15, -0.1) is 32.8 Å². The molecule has 0 aliphatic heterocycles. The van der Waals surface area contributed by atoms with Crippen LogP contribution in [0.2, 0.25) is 0 Å². The molecule has 8 rings (SSSR count). The number of benzene rings is 7. The van der Waals surface area contributed by atoms with Gasteiger partial charge in [0.1, 0.15) is 121 Å². The molecule has 0 aliphatic rings. The van der Waals surface area contributed by atoms with E-state index in [0.29, 0.717) is 65.7 Å². The fourth-order valence-electron chi connectivity index (χ4n) is 7.47. The molecule has 200 valence electrons. The van der Waals surface area contributed by atoms with Gasteiger partial charge in [0.2, 0.25) is 0 Å². The molecule has 51 heavy (non-hydrogen) atoms. The van der Waals surface area contributed by atoms with Crippen LogP contribution in [-0.4, -0.2) is 110 Å². The Labute approximate surface area is 314 Å². The summed E-state index contributed by atoms with van der Waals surface area (Å²) in [6, 6.07) is 14.9. The van der Waals surface area contributed by atoms with Crippen LogP contribution in [0.1, 0.15) is 0 Å². The molecule has 0 spiro atoms. The summed E-state index contributed by atoms with van der Waals surface area (Å²) in [4.78, 5) is 0. The molecule has 1 nitrogen and oxygen atoms in total. The van der Waals surface area contributed by atoms with Gasteiger partial charge in [0.05, 0.1) is 0 Å². The lowest BCUT2D eigenvalue weighted by atomic mass is 9.58. The summed E-state index contributed by atoms with van der Waals surface area (Å²) >= 11 is 0. The monoisotopic (exact) mass is 610 g/mol. The van der Waals surface area contributed by atoms with E-state index in [4.69, 9.17) is 114 Å². The van der Waals surface area contributed by atoms with E-state index in [-0.39, 0.29) is 76.5 Å². The largest absolute Gasteiger partial charge is 0.456 e. The first kappa shape index (κ1) is 34.1. The average molecular weight is 608 g/mol. The smallest absolute Gasteiger partial charge is 0.136 e. The van der Waals surface area contributed by atoms with Crippen LogP contribution in [0.15, 0.2) is 52.9 Å². The number of furan rings is 1. The lowest BCUT2D eigenvalue weighted by molar-refractivity contribution is 0.669. The fraction of sp³-hybridized carbons (Fsp3) is 0. The topological polar surface area (TPSA) is 13.1 Å². The van der Waals surface area contributed by atoms with Crippen LogP contribution in [0.25, 0.3) is 76.5 Å². The second-order valence-corrected chi connectivity index (χ2v) is 12.7. The van der Waals surface area contributed by atoms with Crippen molar-refractivity contribution in [3.8, 4) is 22.3 Å². The lowest BCUT2D eigenvalue weighted by Crippen LogP contribution is -2.51. The van der Waals surface area contributed by atoms with E-state index in [0.717, 1.165) is 10.8 Å². The maximum atomic E-state index is 6.96. The maximum Gasteiger partial charge on any atom is 0.136 e. The Bertz CT molecular complexity index is 2830. The van der Waals surface area contributed by atoms with Crippen LogP contribution in [0.4, 0.5) is 0 Å². The van der Waals surface area contributed by atoms with Crippen LogP contribution in [-0.2, 0) is 0 Å². The molecule has 0 bridgehead atoms. The fourth-order valence-corrected chi connectivity index (χ4v) is 7.47. The van der Waals surface area contributed by atoms with Gasteiger partial charge in [0.15, 0.2) is 0 Å². The standard InChI is InChI=1S/C36H8B14O/c37-23-11(8-12-18(25(23)39)26(40)32(46)31(45)24(12)38)17-21-19(27(41)33(47)35(49)29(21)43)16(20-22(17)30(44)36(50)34(48)28(20)42)10-5-3-7-14-15(10)9-4-1-2-6-13(9)51-14/h1-8H. The van der Waals surface area contributed by atoms with Crippen molar-refractivity contribution in [1.82, 2.24) is 0 Å². The van der Waals surface area contributed by atoms with Crippen molar-refractivity contribution >= 4 is 241 Å². The minimum atomic E-state index is 0.0292. The molecule has 0 unspecified atom stereocenters. The van der Waals surface area contributed by atoms with Crippen molar-refractivity contribution in [2.45, 2.75) is 0 Å². The third-order valence-corrected chi connectivity index (χ3v) is 10.1. The third-order valence-electron chi connectivity index (χ3n) is 10.1. The van der Waals surface area contributed by atoms with E-state index in [2.05, 4.69) is 0 Å². The Morgan fingerprint density at radius 3 is 1.24 bits per heavy atom. The molecule has 1 heterocycles. The summed E-state index contributed by atoms with van der Waals surface area (Å²) in [5.74, 6) is 0. The maximum absolute atomic E-state index is 6.96. The van der Waals surface area contributed by atoms with Gasteiger partial charge < -0.3 is 4.42 Å². The molecule has 0 atom stereocenters. The van der Waals surface area contributed by atoms with Gasteiger partial charge in [-0.1, -0.05) is 74.0 Å². The quantitative estimate of drug-likeness (QED) is 0.141. The summed E-state index contributed by atoms with van der Waals surface area (Å²) in [6.45, 7) is 0. The molecule has 28 radical (unpaired) electrons. The first-order chi connectivity index (χ1) is 24.2. The summed E-state index contributed by atoms with van der Waals surface area (Å²) in [5.41, 5.74) is 4.15. The lowest BCUT2D eigenvalue weighted by Gasteiger charge is -2.30. The van der Waals surface area contributed by atoms with Crippen molar-refractivity contribution < 1.29 is 4.42 Å². The number of hydrogen-bond donors (Lipinski definition) is 0. The van der Waals surface area contributed by atoms with Crippen LogP contribution in [0.5, 0.6) is 0 Å².